The highest BCUT2D eigenvalue weighted by Crippen LogP contribution is 2.33. The Morgan fingerprint density at radius 2 is 2.14 bits per heavy atom. The fourth-order valence-electron chi connectivity index (χ4n) is 2.21. The molecule has 0 atom stereocenters. The molecule has 6 heteroatoms. The van der Waals surface area contributed by atoms with Crippen LogP contribution in [0.15, 0.2) is 23.1 Å². The summed E-state index contributed by atoms with van der Waals surface area (Å²) in [7, 11) is 0. The van der Waals surface area contributed by atoms with Crippen molar-refractivity contribution >= 4 is 46.3 Å². The Bertz CT molecular complexity index is 667. The highest BCUT2D eigenvalue weighted by atomic mass is 32.2. The highest BCUT2D eigenvalue weighted by molar-refractivity contribution is 8.26. The molecule has 2 rings (SSSR count). The van der Waals surface area contributed by atoms with E-state index >= 15 is 0 Å². The number of nitrogens with zero attached hydrogens (tertiary/aromatic N) is 1. The second-order valence-corrected chi connectivity index (χ2v) is 6.87. The number of aliphatic carboxylic acids is 1. The third-order valence-electron chi connectivity index (χ3n) is 3.36. The summed E-state index contributed by atoms with van der Waals surface area (Å²) < 4.78 is 0.492. The number of amides is 1. The molecule has 0 bridgehead atoms. The maximum Gasteiger partial charge on any atom is 0.303 e. The van der Waals surface area contributed by atoms with Crippen LogP contribution in [0, 0.1) is 13.8 Å². The van der Waals surface area contributed by atoms with Crippen LogP contribution in [0.3, 0.4) is 0 Å². The predicted molar refractivity (Wildman–Crippen MR) is 92.7 cm³/mol. The molecule has 0 spiro atoms. The average Bonchev–Trinajstić information content (AvgIpc) is 2.69. The second kappa shape index (κ2) is 7.07. The van der Waals surface area contributed by atoms with Gasteiger partial charge in [-0.05, 0) is 37.5 Å². The molecule has 0 aliphatic carbocycles. The van der Waals surface area contributed by atoms with Gasteiger partial charge in [0.1, 0.15) is 4.32 Å². The first-order valence-electron chi connectivity index (χ1n) is 6.93. The van der Waals surface area contributed by atoms with Gasteiger partial charge in [0.05, 0.1) is 4.91 Å². The Morgan fingerprint density at radius 3 is 2.77 bits per heavy atom. The summed E-state index contributed by atoms with van der Waals surface area (Å²) >= 11 is 6.49. The van der Waals surface area contributed by atoms with Gasteiger partial charge < -0.3 is 5.11 Å². The number of carboxylic acid groups (broad SMARTS) is 1. The molecule has 1 amide bonds. The molecule has 0 unspecified atom stereocenters. The van der Waals surface area contributed by atoms with E-state index in [1.54, 1.807) is 0 Å². The number of aryl methyl sites for hydroxylation is 2. The molecule has 1 aliphatic heterocycles. The van der Waals surface area contributed by atoms with Gasteiger partial charge in [0, 0.05) is 13.0 Å². The third kappa shape index (κ3) is 3.96. The first-order chi connectivity index (χ1) is 10.4. The molecule has 22 heavy (non-hydrogen) atoms. The van der Waals surface area contributed by atoms with Crippen LogP contribution in [0.2, 0.25) is 0 Å². The molecule has 1 fully saturated rings. The van der Waals surface area contributed by atoms with Gasteiger partial charge in [-0.1, -0.05) is 47.7 Å². The summed E-state index contributed by atoms with van der Waals surface area (Å²) in [4.78, 5) is 25.0. The van der Waals surface area contributed by atoms with Gasteiger partial charge in [-0.15, -0.1) is 0 Å². The van der Waals surface area contributed by atoms with E-state index in [-0.39, 0.29) is 12.3 Å². The Kier molecular flexibility index (Phi) is 5.37. The van der Waals surface area contributed by atoms with E-state index in [4.69, 9.17) is 17.3 Å². The zero-order valence-corrected chi connectivity index (χ0v) is 14.1. The Morgan fingerprint density at radius 1 is 1.41 bits per heavy atom. The lowest BCUT2D eigenvalue weighted by Gasteiger charge is -2.13. The zero-order valence-electron chi connectivity index (χ0n) is 12.5. The average molecular weight is 335 g/mol. The van der Waals surface area contributed by atoms with Crippen molar-refractivity contribution in [2.24, 2.45) is 0 Å². The molecule has 116 valence electrons. The molecule has 1 aliphatic rings. The smallest absolute Gasteiger partial charge is 0.303 e. The number of hydrogen-bond donors (Lipinski definition) is 1. The monoisotopic (exact) mass is 335 g/mol. The minimum Gasteiger partial charge on any atom is -0.481 e. The second-order valence-electron chi connectivity index (χ2n) is 5.19. The Labute approximate surface area is 139 Å². The molecule has 0 radical (unpaired) electrons. The van der Waals surface area contributed by atoms with Crippen LogP contribution in [-0.2, 0) is 9.59 Å². The minimum atomic E-state index is -0.865. The topological polar surface area (TPSA) is 57.6 Å². The molecular weight excluding hydrogens is 318 g/mol. The lowest BCUT2D eigenvalue weighted by Crippen LogP contribution is -2.29. The van der Waals surface area contributed by atoms with Crippen molar-refractivity contribution in [1.82, 2.24) is 4.90 Å². The summed E-state index contributed by atoms with van der Waals surface area (Å²) in [5.74, 6) is -1.00. The van der Waals surface area contributed by atoms with E-state index in [1.165, 1.54) is 22.2 Å². The van der Waals surface area contributed by atoms with Crippen molar-refractivity contribution < 1.29 is 14.7 Å². The number of thioether (sulfide) groups is 1. The minimum absolute atomic E-state index is 0.0349. The zero-order chi connectivity index (χ0) is 16.3. The van der Waals surface area contributed by atoms with Crippen LogP contribution in [0.1, 0.15) is 29.5 Å². The number of thiocarbonyl (C=S) groups is 1. The number of rotatable bonds is 5. The predicted octanol–water partition coefficient (Wildman–Crippen LogP) is 3.37. The normalized spacial score (nSPS) is 16.6. The van der Waals surface area contributed by atoms with Crippen molar-refractivity contribution in [3.63, 3.8) is 0 Å². The van der Waals surface area contributed by atoms with E-state index in [0.717, 1.165) is 11.1 Å². The van der Waals surface area contributed by atoms with Crippen molar-refractivity contribution in [3.05, 3.63) is 39.8 Å². The van der Waals surface area contributed by atoms with Crippen molar-refractivity contribution in [3.8, 4) is 0 Å². The highest BCUT2D eigenvalue weighted by Gasteiger charge is 2.31. The van der Waals surface area contributed by atoms with Crippen molar-refractivity contribution in [2.45, 2.75) is 26.7 Å². The summed E-state index contributed by atoms with van der Waals surface area (Å²) in [5.41, 5.74) is 3.28. The summed E-state index contributed by atoms with van der Waals surface area (Å²) in [6, 6.07) is 6.06. The molecule has 0 aromatic heterocycles. The van der Waals surface area contributed by atoms with Gasteiger partial charge >= 0.3 is 5.97 Å². The van der Waals surface area contributed by atoms with Crippen molar-refractivity contribution in [1.29, 1.82) is 0 Å². The molecule has 1 aromatic rings. The number of hydrogen-bond acceptors (Lipinski definition) is 4. The molecule has 1 aromatic carbocycles. The lowest BCUT2D eigenvalue weighted by molar-refractivity contribution is -0.137. The molecule has 1 saturated heterocycles. The van der Waals surface area contributed by atoms with Crippen LogP contribution in [0.4, 0.5) is 0 Å². The van der Waals surface area contributed by atoms with Crippen molar-refractivity contribution in [2.75, 3.05) is 6.54 Å². The lowest BCUT2D eigenvalue weighted by atomic mass is 10.1. The van der Waals surface area contributed by atoms with E-state index < -0.39 is 5.97 Å². The van der Waals surface area contributed by atoms with Gasteiger partial charge in [-0.25, -0.2) is 0 Å². The molecule has 4 nitrogen and oxygen atoms in total. The fourth-order valence-corrected chi connectivity index (χ4v) is 3.51. The first-order valence-corrected chi connectivity index (χ1v) is 8.15. The summed E-state index contributed by atoms with van der Waals surface area (Å²) in [6.07, 6.45) is 2.29. The van der Waals surface area contributed by atoms with E-state index in [1.807, 2.05) is 32.1 Å². The van der Waals surface area contributed by atoms with Crippen LogP contribution in [-0.4, -0.2) is 32.7 Å². The molecule has 1 heterocycles. The van der Waals surface area contributed by atoms with Gasteiger partial charge in [0.2, 0.25) is 0 Å². The maximum atomic E-state index is 12.4. The van der Waals surface area contributed by atoms with Gasteiger partial charge in [0.15, 0.2) is 0 Å². The van der Waals surface area contributed by atoms with Crippen LogP contribution < -0.4 is 0 Å². The van der Waals surface area contributed by atoms with Crippen LogP contribution >= 0.6 is 24.0 Å². The first kappa shape index (κ1) is 16.7. The number of carbonyl (C=O) groups is 2. The quantitative estimate of drug-likeness (QED) is 0.660. The Balaban J connectivity index is 2.13. The van der Waals surface area contributed by atoms with Gasteiger partial charge in [0.25, 0.3) is 5.91 Å². The number of benzene rings is 1. The SMILES string of the molecule is Cc1ccc(C=C2SC(=S)N(CCCC(=O)O)C2=O)c(C)c1. The van der Waals surface area contributed by atoms with Crippen LogP contribution in [0.25, 0.3) is 6.08 Å². The number of carboxylic acids is 1. The molecule has 1 N–H and O–H groups in total. The molecule has 0 saturated carbocycles. The van der Waals surface area contributed by atoms with Crippen LogP contribution in [0.5, 0.6) is 0 Å². The van der Waals surface area contributed by atoms with Gasteiger partial charge in [-0.3, -0.25) is 14.5 Å². The van der Waals surface area contributed by atoms with Gasteiger partial charge in [-0.2, -0.15) is 0 Å². The largest absolute Gasteiger partial charge is 0.481 e. The van der Waals surface area contributed by atoms with E-state index in [9.17, 15) is 9.59 Å². The Hall–Kier alpha value is -1.66. The summed E-state index contributed by atoms with van der Waals surface area (Å²) in [6.45, 7) is 4.38. The maximum absolute atomic E-state index is 12.4. The summed E-state index contributed by atoms with van der Waals surface area (Å²) in [5, 5.41) is 8.67. The number of carbonyl (C=O) groups excluding carboxylic acids is 1. The van der Waals surface area contributed by atoms with E-state index in [2.05, 4.69) is 6.07 Å². The fraction of sp³-hybridized carbons (Fsp3) is 0.312. The standard InChI is InChI=1S/C16H17NO3S2/c1-10-5-6-12(11(2)8-10)9-13-15(20)17(16(21)22-13)7-3-4-14(18)19/h5-6,8-9H,3-4,7H2,1-2H3,(H,18,19). The van der Waals surface area contributed by atoms with E-state index in [0.29, 0.717) is 22.2 Å². The third-order valence-corrected chi connectivity index (χ3v) is 4.74. The molecular formula is C16H17NO3S2.